The zero-order valence-electron chi connectivity index (χ0n) is 33.2. The summed E-state index contributed by atoms with van der Waals surface area (Å²) >= 11 is 0. The topological polar surface area (TPSA) is 61.8 Å². The third kappa shape index (κ3) is 4.86. The van der Waals surface area contributed by atoms with Crippen LogP contribution in [0.15, 0.2) is 200 Å². The molecule has 0 radical (unpaired) electrons. The van der Waals surface area contributed by atoms with Crippen molar-refractivity contribution in [1.82, 2.24) is 0 Å². The van der Waals surface area contributed by atoms with Gasteiger partial charge in [0.1, 0.15) is 0 Å². The lowest BCUT2D eigenvalue weighted by atomic mass is 9.29. The van der Waals surface area contributed by atoms with Gasteiger partial charge in [-0.2, -0.15) is 0 Å². The van der Waals surface area contributed by atoms with Gasteiger partial charge in [0.05, 0.1) is 0 Å². The Kier molecular flexibility index (Phi) is 7.14. The maximum Gasteiger partial charge on any atom is 0.252 e. The second-order valence-corrected chi connectivity index (χ2v) is 16.5. The van der Waals surface area contributed by atoms with Crippen molar-refractivity contribution in [3.63, 3.8) is 0 Å². The van der Waals surface area contributed by atoms with Gasteiger partial charge in [0, 0.05) is 62.6 Å². The van der Waals surface area contributed by atoms with E-state index >= 15 is 0 Å². The molecule has 7 heteroatoms. The van der Waals surface area contributed by atoms with Gasteiger partial charge >= 0.3 is 0 Å². The summed E-state index contributed by atoms with van der Waals surface area (Å²) in [5, 5.41) is 0. The molecule has 4 aliphatic heterocycles. The van der Waals surface area contributed by atoms with Crippen LogP contribution in [0.4, 0.5) is 62.6 Å². The van der Waals surface area contributed by atoms with Crippen LogP contribution in [-0.4, -0.2) is 13.4 Å². The Balaban J connectivity index is 0.999. The Morgan fingerprint density at radius 1 is 0.279 bits per heavy atom. The van der Waals surface area contributed by atoms with Crippen LogP contribution in [0.1, 0.15) is 0 Å². The zero-order chi connectivity index (χ0) is 40.3. The Labute approximate surface area is 355 Å². The molecule has 284 valence electrons. The summed E-state index contributed by atoms with van der Waals surface area (Å²) in [5.74, 6) is 0. The van der Waals surface area contributed by atoms with Gasteiger partial charge in [-0.3, -0.25) is 0 Å². The van der Waals surface area contributed by atoms with Crippen molar-refractivity contribution in [1.29, 1.82) is 0 Å². The molecule has 0 atom stereocenters. The van der Waals surface area contributed by atoms with E-state index in [2.05, 4.69) is 191 Å². The highest BCUT2D eigenvalue weighted by atomic mass is 15.2. The van der Waals surface area contributed by atoms with Crippen molar-refractivity contribution in [2.24, 2.45) is 0 Å². The second kappa shape index (κ2) is 12.8. The first-order valence-electron chi connectivity index (χ1n) is 21.0. The maximum atomic E-state index is 6.03. The van der Waals surface area contributed by atoms with Crippen LogP contribution in [0.5, 0.6) is 0 Å². The van der Waals surface area contributed by atoms with E-state index in [1.165, 1.54) is 72.6 Å². The molecular formula is C54H37B2N5. The lowest BCUT2D eigenvalue weighted by molar-refractivity contribution is 1.24. The van der Waals surface area contributed by atoms with Gasteiger partial charge in [-0.25, -0.2) is 0 Å². The summed E-state index contributed by atoms with van der Waals surface area (Å²) < 4.78 is 0. The van der Waals surface area contributed by atoms with Crippen molar-refractivity contribution < 1.29 is 0 Å². The van der Waals surface area contributed by atoms with Crippen LogP contribution in [0.25, 0.3) is 22.3 Å². The summed E-state index contributed by atoms with van der Waals surface area (Å²) in [5.41, 5.74) is 37.0. The van der Waals surface area contributed by atoms with Crippen LogP contribution < -0.4 is 58.9 Å². The lowest BCUT2D eigenvalue weighted by Crippen LogP contribution is -2.68. The number of rotatable bonds is 4. The van der Waals surface area contributed by atoms with Crippen molar-refractivity contribution >= 4 is 109 Å². The van der Waals surface area contributed by atoms with Gasteiger partial charge in [-0.1, -0.05) is 115 Å². The molecule has 0 aliphatic carbocycles. The van der Waals surface area contributed by atoms with E-state index in [9.17, 15) is 0 Å². The fraction of sp³-hybridized carbons (Fsp3) is 0. The van der Waals surface area contributed by atoms with Crippen LogP contribution >= 0.6 is 0 Å². The minimum absolute atomic E-state index is 0.0681. The first-order valence-corrected chi connectivity index (χ1v) is 21.0. The summed E-state index contributed by atoms with van der Waals surface area (Å²) in [6.07, 6.45) is 0. The van der Waals surface area contributed by atoms with E-state index in [4.69, 9.17) is 11.5 Å². The molecule has 61 heavy (non-hydrogen) atoms. The Hall–Kier alpha value is -7.89. The summed E-state index contributed by atoms with van der Waals surface area (Å²) in [6, 6.07) is 73.0. The average Bonchev–Trinajstić information content (AvgIpc) is 3.31. The highest BCUT2D eigenvalue weighted by Crippen LogP contribution is 2.47. The highest BCUT2D eigenvalue weighted by molar-refractivity contribution is 7.04. The molecule has 4 N–H and O–H groups in total. The molecule has 0 bridgehead atoms. The minimum Gasteiger partial charge on any atom is -0.399 e. The number of para-hydroxylation sites is 3. The summed E-state index contributed by atoms with van der Waals surface area (Å²) in [7, 11) is 0. The smallest absolute Gasteiger partial charge is 0.252 e. The fourth-order valence-corrected chi connectivity index (χ4v) is 10.7. The predicted octanol–water partition coefficient (Wildman–Crippen LogP) is 8.88. The van der Waals surface area contributed by atoms with Crippen molar-refractivity contribution in [2.45, 2.75) is 0 Å². The molecule has 9 aromatic rings. The Morgan fingerprint density at radius 3 is 1.00 bits per heavy atom. The molecule has 9 aromatic carbocycles. The lowest BCUT2D eigenvalue weighted by Gasteiger charge is -2.49. The number of anilines is 11. The minimum atomic E-state index is 0.0681. The molecule has 0 saturated carbocycles. The van der Waals surface area contributed by atoms with Crippen LogP contribution in [0, 0.1) is 0 Å². The van der Waals surface area contributed by atoms with Gasteiger partial charge in [0.25, 0.3) is 13.4 Å². The van der Waals surface area contributed by atoms with Crippen molar-refractivity contribution in [2.75, 3.05) is 26.2 Å². The highest BCUT2D eigenvalue weighted by Gasteiger charge is 2.49. The third-order valence-electron chi connectivity index (χ3n) is 13.3. The molecule has 0 aromatic heterocycles. The predicted molar refractivity (Wildman–Crippen MR) is 259 cm³/mol. The standard InChI is InChI=1S/C54H37B2N5/c57-38-26-18-34(19-27-38)36-22-30-40(31-23-36)59-46-12-3-1-8-42(46)55-44-10-5-11-45-54(44)61(50-16-6-14-48(59)52(50)55)51-17-7-15-49-53(51)56(45)43-9-2-4-13-47(43)60(49)41-32-24-37(25-33-41)35-20-28-39(58)29-21-35/h1-33H,57-58H2. The third-order valence-corrected chi connectivity index (χ3v) is 13.3. The second-order valence-electron chi connectivity index (χ2n) is 16.5. The zero-order valence-corrected chi connectivity index (χ0v) is 33.2. The van der Waals surface area contributed by atoms with Gasteiger partial charge in [-0.15, -0.1) is 0 Å². The molecule has 0 unspecified atom stereocenters. The Bertz CT molecular complexity index is 3020. The number of benzene rings is 9. The molecule has 13 rings (SSSR count). The Morgan fingerprint density at radius 2 is 0.590 bits per heavy atom. The number of nitrogens with zero attached hydrogens (tertiary/aromatic N) is 3. The summed E-state index contributed by atoms with van der Waals surface area (Å²) in [6.45, 7) is 0.136. The number of nitrogen functional groups attached to an aromatic ring is 2. The summed E-state index contributed by atoms with van der Waals surface area (Å²) in [4.78, 5) is 7.51. The molecule has 0 saturated heterocycles. The van der Waals surface area contributed by atoms with E-state index < -0.39 is 0 Å². The number of fused-ring (bicyclic) bond motifs is 8. The molecule has 0 amide bonds. The van der Waals surface area contributed by atoms with E-state index in [-0.39, 0.29) is 13.4 Å². The number of nitrogens with two attached hydrogens (primary N) is 2. The van der Waals surface area contributed by atoms with Crippen LogP contribution in [0.2, 0.25) is 0 Å². The largest absolute Gasteiger partial charge is 0.399 e. The van der Waals surface area contributed by atoms with Crippen LogP contribution in [0.3, 0.4) is 0 Å². The molecule has 0 spiro atoms. The van der Waals surface area contributed by atoms with E-state index in [1.54, 1.807) is 0 Å². The normalized spacial score (nSPS) is 13.5. The van der Waals surface area contributed by atoms with Crippen molar-refractivity contribution in [3.05, 3.63) is 200 Å². The quantitative estimate of drug-likeness (QED) is 0.138. The van der Waals surface area contributed by atoms with Crippen molar-refractivity contribution in [3.8, 4) is 22.3 Å². The van der Waals surface area contributed by atoms with E-state index in [0.717, 1.165) is 45.0 Å². The average molecular weight is 778 g/mol. The van der Waals surface area contributed by atoms with E-state index in [1.807, 2.05) is 24.3 Å². The first-order chi connectivity index (χ1) is 30.1. The number of hydrogen-bond acceptors (Lipinski definition) is 5. The molecule has 4 aliphatic rings. The molecule has 0 fully saturated rings. The van der Waals surface area contributed by atoms with E-state index in [0.29, 0.717) is 0 Å². The van der Waals surface area contributed by atoms with Gasteiger partial charge in [0.2, 0.25) is 0 Å². The van der Waals surface area contributed by atoms with Gasteiger partial charge in [0.15, 0.2) is 0 Å². The molecule has 4 heterocycles. The van der Waals surface area contributed by atoms with Gasteiger partial charge in [-0.05, 0) is 140 Å². The molecular weight excluding hydrogens is 740 g/mol. The first kappa shape index (κ1) is 34.0. The maximum absolute atomic E-state index is 6.03. The number of hydrogen-bond donors (Lipinski definition) is 2. The van der Waals surface area contributed by atoms with Gasteiger partial charge < -0.3 is 26.2 Å². The monoisotopic (exact) mass is 777 g/mol. The van der Waals surface area contributed by atoms with Crippen LogP contribution in [-0.2, 0) is 0 Å². The molecule has 5 nitrogen and oxygen atoms in total. The fourth-order valence-electron chi connectivity index (χ4n) is 10.7. The SMILES string of the molecule is Nc1ccc(-c2ccc(N3c4ccccc4B4c5cccc6c5N(c5cccc3c54)c3cccc4c3B6c3ccccc3N4c3ccc(-c4ccc(N)cc4)cc3)cc2)cc1.